The Morgan fingerprint density at radius 2 is 1.14 bits per heavy atom. The van der Waals surface area contributed by atoms with Crippen LogP contribution in [0.2, 0.25) is 0 Å². The van der Waals surface area contributed by atoms with Gasteiger partial charge in [-0.1, -0.05) is 80.7 Å². The van der Waals surface area contributed by atoms with Crippen molar-refractivity contribution in [1.29, 1.82) is 0 Å². The zero-order valence-corrected chi connectivity index (χ0v) is 14.7. The third-order valence-corrected chi connectivity index (χ3v) is 5.76. The zero-order valence-electron chi connectivity index (χ0n) is 13.1. The average molecular weight is 315 g/mol. The molecule has 0 aliphatic carbocycles. The number of allylic oxidation sites excluding steroid dienone is 2. The van der Waals surface area contributed by atoms with Gasteiger partial charge in [0.2, 0.25) is 0 Å². The summed E-state index contributed by atoms with van der Waals surface area (Å²) in [5, 5.41) is 0. The lowest BCUT2D eigenvalue weighted by molar-refractivity contribution is 0.531. The number of benzene rings is 2. The van der Waals surface area contributed by atoms with Crippen LogP contribution in [0, 0.1) is 5.41 Å². The molecular weight excluding hydrogens is 292 g/mol. The first-order valence-corrected chi connectivity index (χ1v) is 8.77. The first-order chi connectivity index (χ1) is 9.97. The zero-order chi connectivity index (χ0) is 15.3. The number of rotatable bonds is 4. The summed E-state index contributed by atoms with van der Waals surface area (Å²) in [5.74, 6) is 0. The fourth-order valence-corrected chi connectivity index (χ4v) is 4.35. The smallest absolute Gasteiger partial charge is 0.0119 e. The SMILES string of the molecule is C/C(Sc1ccccc1)=C(/Sc1ccccc1)C(C)(C)C. The van der Waals surface area contributed by atoms with Crippen LogP contribution in [0.15, 0.2) is 80.3 Å². The van der Waals surface area contributed by atoms with Crippen LogP contribution in [0.1, 0.15) is 27.7 Å². The predicted molar refractivity (Wildman–Crippen MR) is 96.8 cm³/mol. The molecule has 0 atom stereocenters. The molecule has 0 saturated carbocycles. The van der Waals surface area contributed by atoms with Crippen molar-refractivity contribution in [3.63, 3.8) is 0 Å². The second-order valence-electron chi connectivity index (χ2n) is 5.97. The Labute approximate surface area is 137 Å². The van der Waals surface area contributed by atoms with Crippen LogP contribution in [0.3, 0.4) is 0 Å². The van der Waals surface area contributed by atoms with Gasteiger partial charge in [-0.05, 0) is 41.5 Å². The minimum atomic E-state index is 0.145. The van der Waals surface area contributed by atoms with Crippen molar-refractivity contribution < 1.29 is 0 Å². The molecule has 0 aliphatic heterocycles. The van der Waals surface area contributed by atoms with Crippen molar-refractivity contribution in [3.8, 4) is 0 Å². The van der Waals surface area contributed by atoms with Crippen LogP contribution < -0.4 is 0 Å². The molecule has 0 nitrogen and oxygen atoms in total. The summed E-state index contributed by atoms with van der Waals surface area (Å²) in [7, 11) is 0. The molecule has 0 bridgehead atoms. The van der Waals surface area contributed by atoms with Gasteiger partial charge in [0, 0.05) is 14.7 Å². The molecule has 0 aromatic heterocycles. The molecule has 0 unspecified atom stereocenters. The summed E-state index contributed by atoms with van der Waals surface area (Å²) in [5.41, 5.74) is 0.145. The van der Waals surface area contributed by atoms with Gasteiger partial charge in [0.1, 0.15) is 0 Å². The Hall–Kier alpha value is -1.12. The molecule has 2 aromatic rings. The highest BCUT2D eigenvalue weighted by Crippen LogP contribution is 2.45. The minimum absolute atomic E-state index is 0.145. The van der Waals surface area contributed by atoms with E-state index in [9.17, 15) is 0 Å². The molecule has 0 N–H and O–H groups in total. The Morgan fingerprint density at radius 1 is 0.714 bits per heavy atom. The van der Waals surface area contributed by atoms with E-state index < -0.39 is 0 Å². The van der Waals surface area contributed by atoms with Crippen LogP contribution in [0.4, 0.5) is 0 Å². The van der Waals surface area contributed by atoms with Gasteiger partial charge in [-0.3, -0.25) is 0 Å². The van der Waals surface area contributed by atoms with Crippen LogP contribution in [0.25, 0.3) is 0 Å². The molecule has 0 aliphatic rings. The fraction of sp³-hybridized carbons (Fsp3) is 0.263. The van der Waals surface area contributed by atoms with Crippen molar-refractivity contribution in [2.24, 2.45) is 5.41 Å². The van der Waals surface area contributed by atoms with Gasteiger partial charge in [0.15, 0.2) is 0 Å². The Balaban J connectivity index is 2.28. The molecule has 0 fully saturated rings. The molecule has 110 valence electrons. The maximum atomic E-state index is 2.29. The lowest BCUT2D eigenvalue weighted by atomic mass is 9.96. The highest BCUT2D eigenvalue weighted by Gasteiger charge is 2.21. The molecule has 0 radical (unpaired) electrons. The summed E-state index contributed by atoms with van der Waals surface area (Å²) < 4.78 is 0. The molecule has 0 saturated heterocycles. The lowest BCUT2D eigenvalue weighted by Gasteiger charge is -2.25. The van der Waals surface area contributed by atoms with E-state index in [0.29, 0.717) is 0 Å². The first-order valence-electron chi connectivity index (χ1n) is 7.14. The standard InChI is InChI=1S/C19H22S2/c1-15(20-16-11-7-5-8-12-16)18(19(2,3)4)21-17-13-9-6-10-14-17/h5-14H,1-4H3/b18-15-. The third kappa shape index (κ3) is 4.98. The van der Waals surface area contributed by atoms with Gasteiger partial charge in [-0.15, -0.1) is 0 Å². The van der Waals surface area contributed by atoms with Gasteiger partial charge in [-0.25, -0.2) is 0 Å². The van der Waals surface area contributed by atoms with Crippen molar-refractivity contribution in [2.45, 2.75) is 37.5 Å². The van der Waals surface area contributed by atoms with Crippen molar-refractivity contribution in [2.75, 3.05) is 0 Å². The van der Waals surface area contributed by atoms with Crippen LogP contribution >= 0.6 is 23.5 Å². The van der Waals surface area contributed by atoms with E-state index in [1.165, 1.54) is 19.6 Å². The molecule has 0 amide bonds. The highest BCUT2D eigenvalue weighted by molar-refractivity contribution is 8.06. The van der Waals surface area contributed by atoms with Gasteiger partial charge in [0.05, 0.1) is 0 Å². The average Bonchev–Trinajstić information content (AvgIpc) is 2.45. The van der Waals surface area contributed by atoms with Gasteiger partial charge in [0.25, 0.3) is 0 Å². The van der Waals surface area contributed by atoms with Crippen molar-refractivity contribution in [1.82, 2.24) is 0 Å². The Bertz CT molecular complexity index is 592. The van der Waals surface area contributed by atoms with E-state index in [-0.39, 0.29) is 5.41 Å². The summed E-state index contributed by atoms with van der Waals surface area (Å²) in [6.07, 6.45) is 0. The third-order valence-electron chi connectivity index (χ3n) is 2.98. The van der Waals surface area contributed by atoms with Crippen molar-refractivity contribution in [3.05, 3.63) is 70.5 Å². The van der Waals surface area contributed by atoms with Crippen LogP contribution in [-0.4, -0.2) is 0 Å². The van der Waals surface area contributed by atoms with E-state index in [4.69, 9.17) is 0 Å². The Kier molecular flexibility index (Phi) is 5.60. The van der Waals surface area contributed by atoms with Gasteiger partial charge in [-0.2, -0.15) is 0 Å². The predicted octanol–water partition coefficient (Wildman–Crippen LogP) is 6.85. The molecular formula is C19H22S2. The van der Waals surface area contributed by atoms with Crippen LogP contribution in [-0.2, 0) is 0 Å². The van der Waals surface area contributed by atoms with E-state index in [1.807, 2.05) is 23.5 Å². The number of thioether (sulfide) groups is 2. The maximum Gasteiger partial charge on any atom is 0.0119 e. The monoisotopic (exact) mass is 314 g/mol. The van der Waals surface area contributed by atoms with Crippen LogP contribution in [0.5, 0.6) is 0 Å². The first kappa shape index (κ1) is 16.3. The topological polar surface area (TPSA) is 0 Å². The normalized spacial score (nSPS) is 13.0. The van der Waals surface area contributed by atoms with E-state index in [2.05, 4.69) is 88.4 Å². The Morgan fingerprint density at radius 3 is 1.57 bits per heavy atom. The number of hydrogen-bond acceptors (Lipinski definition) is 2. The lowest BCUT2D eigenvalue weighted by Crippen LogP contribution is -2.08. The second kappa shape index (κ2) is 7.24. The molecule has 21 heavy (non-hydrogen) atoms. The molecule has 0 heterocycles. The molecule has 2 heteroatoms. The van der Waals surface area contributed by atoms with Gasteiger partial charge >= 0.3 is 0 Å². The molecule has 2 aromatic carbocycles. The summed E-state index contributed by atoms with van der Waals surface area (Å²) in [4.78, 5) is 5.41. The quantitative estimate of drug-likeness (QED) is 0.566. The highest BCUT2D eigenvalue weighted by atomic mass is 32.2. The van der Waals surface area contributed by atoms with E-state index in [1.54, 1.807) is 0 Å². The largest absolute Gasteiger partial charge is 0.0940 e. The molecule has 2 rings (SSSR count). The minimum Gasteiger partial charge on any atom is -0.0940 e. The second-order valence-corrected chi connectivity index (χ2v) is 8.34. The number of hydrogen-bond donors (Lipinski definition) is 0. The maximum absolute atomic E-state index is 2.29. The fourth-order valence-electron chi connectivity index (χ4n) is 2.07. The summed E-state index contributed by atoms with van der Waals surface area (Å²) >= 11 is 3.74. The van der Waals surface area contributed by atoms with Crippen molar-refractivity contribution >= 4 is 23.5 Å². The molecule has 0 spiro atoms. The summed E-state index contributed by atoms with van der Waals surface area (Å²) in [6, 6.07) is 21.2. The van der Waals surface area contributed by atoms with Gasteiger partial charge < -0.3 is 0 Å². The summed E-state index contributed by atoms with van der Waals surface area (Å²) in [6.45, 7) is 9.09. The van der Waals surface area contributed by atoms with E-state index >= 15 is 0 Å². The van der Waals surface area contributed by atoms with E-state index in [0.717, 1.165) is 0 Å².